The molecule has 132 valence electrons. The molecule has 3 aromatic rings. The van der Waals surface area contributed by atoms with Crippen molar-refractivity contribution in [3.05, 3.63) is 85.8 Å². The van der Waals surface area contributed by atoms with E-state index < -0.39 is 11.3 Å². The Morgan fingerprint density at radius 2 is 1.77 bits per heavy atom. The lowest BCUT2D eigenvalue weighted by Crippen LogP contribution is -2.27. The molecule has 0 spiro atoms. The van der Waals surface area contributed by atoms with Crippen LogP contribution in [0.3, 0.4) is 0 Å². The predicted octanol–water partition coefficient (Wildman–Crippen LogP) is 4.41. The third kappa shape index (κ3) is 3.64. The quantitative estimate of drug-likeness (QED) is 0.723. The number of rotatable bonds is 3. The van der Waals surface area contributed by atoms with Crippen LogP contribution in [0.2, 0.25) is 10.0 Å². The number of carbonyl (C=O) groups is 1. The Labute approximate surface area is 160 Å². The fraction of sp³-hybridized carbons (Fsp3) is 0.105. The summed E-state index contributed by atoms with van der Waals surface area (Å²) in [5.74, 6) is -0.615. The number of hydrogen-bond donors (Lipinski definition) is 1. The molecular weight excluding hydrogens is 373 g/mol. The monoisotopic (exact) mass is 387 g/mol. The molecule has 2 aromatic carbocycles. The maximum atomic E-state index is 12.5. The molecule has 26 heavy (non-hydrogen) atoms. The number of nitrogens with zero attached hydrogens (tertiary/aromatic N) is 2. The van der Waals surface area contributed by atoms with Crippen LogP contribution in [0, 0.1) is 13.8 Å². The summed E-state index contributed by atoms with van der Waals surface area (Å²) < 4.78 is 1.47. The van der Waals surface area contributed by atoms with Crippen molar-refractivity contribution in [3.8, 4) is 5.69 Å². The van der Waals surface area contributed by atoms with Crippen molar-refractivity contribution in [2.24, 2.45) is 0 Å². The minimum Gasteiger partial charge on any atom is -0.320 e. The molecule has 0 fully saturated rings. The Morgan fingerprint density at radius 3 is 2.46 bits per heavy atom. The van der Waals surface area contributed by atoms with Gasteiger partial charge in [-0.15, -0.1) is 0 Å². The first-order chi connectivity index (χ1) is 12.4. The highest BCUT2D eigenvalue weighted by atomic mass is 35.5. The first-order valence-corrected chi connectivity index (χ1v) is 8.56. The van der Waals surface area contributed by atoms with Crippen LogP contribution >= 0.6 is 23.2 Å². The van der Waals surface area contributed by atoms with Crippen LogP contribution in [0.5, 0.6) is 0 Å². The molecule has 7 heteroatoms. The summed E-state index contributed by atoms with van der Waals surface area (Å²) in [6, 6.07) is 13.5. The molecule has 0 saturated carbocycles. The van der Waals surface area contributed by atoms with Crippen LogP contribution in [-0.2, 0) is 0 Å². The van der Waals surface area contributed by atoms with E-state index in [-0.39, 0.29) is 5.69 Å². The summed E-state index contributed by atoms with van der Waals surface area (Å²) in [6.07, 6.45) is 0. The van der Waals surface area contributed by atoms with Gasteiger partial charge < -0.3 is 5.32 Å². The molecule has 0 aliphatic rings. The van der Waals surface area contributed by atoms with E-state index in [1.165, 1.54) is 10.7 Å². The van der Waals surface area contributed by atoms with Gasteiger partial charge >= 0.3 is 0 Å². The highest BCUT2D eigenvalue weighted by molar-refractivity contribution is 6.32. The molecule has 1 aromatic heterocycles. The Hall–Kier alpha value is -2.63. The van der Waals surface area contributed by atoms with Crippen molar-refractivity contribution >= 4 is 34.8 Å². The molecule has 1 amide bonds. The first-order valence-electron chi connectivity index (χ1n) is 7.80. The number of amides is 1. The van der Waals surface area contributed by atoms with Gasteiger partial charge in [-0.3, -0.25) is 9.59 Å². The smallest absolute Gasteiger partial charge is 0.280 e. The summed E-state index contributed by atoms with van der Waals surface area (Å²) in [4.78, 5) is 24.8. The number of aryl methyl sites for hydroxylation is 2. The number of benzene rings is 2. The Kier molecular flexibility index (Phi) is 5.11. The van der Waals surface area contributed by atoms with Gasteiger partial charge in [-0.25, -0.2) is 4.68 Å². The van der Waals surface area contributed by atoms with Crippen molar-refractivity contribution < 1.29 is 4.79 Å². The average Bonchev–Trinajstić information content (AvgIpc) is 2.59. The second-order valence-corrected chi connectivity index (χ2v) is 6.59. The zero-order valence-corrected chi connectivity index (χ0v) is 15.6. The fourth-order valence-electron chi connectivity index (χ4n) is 2.43. The molecule has 0 atom stereocenters. The highest BCUT2D eigenvalue weighted by Crippen LogP contribution is 2.21. The van der Waals surface area contributed by atoms with Gasteiger partial charge in [0, 0.05) is 22.5 Å². The van der Waals surface area contributed by atoms with E-state index in [9.17, 15) is 9.59 Å². The van der Waals surface area contributed by atoms with E-state index in [0.717, 1.165) is 5.56 Å². The largest absolute Gasteiger partial charge is 0.320 e. The van der Waals surface area contributed by atoms with Gasteiger partial charge in [0.1, 0.15) is 0 Å². The highest BCUT2D eigenvalue weighted by Gasteiger charge is 2.16. The first kappa shape index (κ1) is 18.2. The van der Waals surface area contributed by atoms with Crippen LogP contribution in [0.15, 0.2) is 53.3 Å². The molecule has 0 aliphatic carbocycles. The second-order valence-electron chi connectivity index (χ2n) is 5.78. The van der Waals surface area contributed by atoms with Crippen LogP contribution in [0.1, 0.15) is 21.7 Å². The van der Waals surface area contributed by atoms with Crippen LogP contribution < -0.4 is 10.7 Å². The van der Waals surface area contributed by atoms with E-state index in [0.29, 0.717) is 27.1 Å². The predicted molar refractivity (Wildman–Crippen MR) is 104 cm³/mol. The Balaban J connectivity index is 2.01. The summed E-state index contributed by atoms with van der Waals surface area (Å²) in [6.45, 7) is 3.58. The second kappa shape index (κ2) is 7.32. The molecule has 3 rings (SSSR count). The van der Waals surface area contributed by atoms with E-state index in [1.807, 2.05) is 6.92 Å². The average molecular weight is 388 g/mol. The van der Waals surface area contributed by atoms with Crippen molar-refractivity contribution in [3.63, 3.8) is 0 Å². The van der Waals surface area contributed by atoms with Crippen molar-refractivity contribution in [1.82, 2.24) is 9.78 Å². The van der Waals surface area contributed by atoms with E-state index in [4.69, 9.17) is 23.2 Å². The number of halogens is 2. The summed E-state index contributed by atoms with van der Waals surface area (Å²) in [7, 11) is 0. The van der Waals surface area contributed by atoms with Gasteiger partial charge in [-0.05, 0) is 43.7 Å². The minimum atomic E-state index is -0.615. The number of aromatic nitrogens is 2. The topological polar surface area (TPSA) is 64.0 Å². The summed E-state index contributed by atoms with van der Waals surface area (Å²) in [5, 5.41) is 7.84. The fourth-order valence-corrected chi connectivity index (χ4v) is 2.83. The zero-order chi connectivity index (χ0) is 18.8. The standard InChI is InChI=1S/C19H15Cl2N3O2/c1-11-7-8-13(10-15(11)21)22-19(26)18-17(25)9-12(2)24(23-18)16-6-4-3-5-14(16)20/h3-10H,1-2H3,(H,22,26). The molecule has 1 N–H and O–H groups in total. The number of anilines is 1. The maximum absolute atomic E-state index is 12.5. The number of nitrogens with one attached hydrogen (secondary N) is 1. The molecule has 0 bridgehead atoms. The van der Waals surface area contributed by atoms with Gasteiger partial charge in [-0.1, -0.05) is 41.4 Å². The molecule has 1 heterocycles. The number of hydrogen-bond acceptors (Lipinski definition) is 3. The molecule has 0 unspecified atom stereocenters. The van der Waals surface area contributed by atoms with E-state index >= 15 is 0 Å². The van der Waals surface area contributed by atoms with E-state index in [2.05, 4.69) is 10.4 Å². The molecular formula is C19H15Cl2N3O2. The SMILES string of the molecule is Cc1ccc(NC(=O)c2nn(-c3ccccc3Cl)c(C)cc2=O)cc1Cl. The zero-order valence-electron chi connectivity index (χ0n) is 14.1. The third-order valence-corrected chi connectivity index (χ3v) is 4.56. The van der Waals surface area contributed by atoms with Gasteiger partial charge in [0.2, 0.25) is 5.43 Å². The Morgan fingerprint density at radius 1 is 1.04 bits per heavy atom. The lowest BCUT2D eigenvalue weighted by molar-refractivity contribution is 0.101. The maximum Gasteiger partial charge on any atom is 0.280 e. The molecule has 5 nitrogen and oxygen atoms in total. The molecule has 0 aliphatic heterocycles. The van der Waals surface area contributed by atoms with Crippen LogP contribution in [-0.4, -0.2) is 15.7 Å². The Bertz CT molecular complexity index is 1060. The lowest BCUT2D eigenvalue weighted by atomic mass is 10.2. The van der Waals surface area contributed by atoms with Crippen molar-refractivity contribution in [2.75, 3.05) is 5.32 Å². The van der Waals surface area contributed by atoms with Gasteiger partial charge in [0.25, 0.3) is 5.91 Å². The number of para-hydroxylation sites is 1. The van der Waals surface area contributed by atoms with E-state index in [1.54, 1.807) is 49.4 Å². The van der Waals surface area contributed by atoms with Gasteiger partial charge in [0.15, 0.2) is 5.69 Å². The summed E-state index contributed by atoms with van der Waals surface area (Å²) >= 11 is 12.3. The van der Waals surface area contributed by atoms with Gasteiger partial charge in [-0.2, -0.15) is 5.10 Å². The van der Waals surface area contributed by atoms with Crippen molar-refractivity contribution in [1.29, 1.82) is 0 Å². The normalized spacial score (nSPS) is 10.6. The number of carbonyl (C=O) groups excluding carboxylic acids is 1. The van der Waals surface area contributed by atoms with Crippen LogP contribution in [0.4, 0.5) is 5.69 Å². The lowest BCUT2D eigenvalue weighted by Gasteiger charge is -2.12. The van der Waals surface area contributed by atoms with Crippen molar-refractivity contribution in [2.45, 2.75) is 13.8 Å². The third-order valence-electron chi connectivity index (χ3n) is 3.83. The minimum absolute atomic E-state index is 0.229. The molecule has 0 radical (unpaired) electrons. The van der Waals surface area contributed by atoms with Crippen LogP contribution in [0.25, 0.3) is 5.69 Å². The summed E-state index contributed by atoms with van der Waals surface area (Å²) in [5.41, 5.74) is 1.82. The van der Waals surface area contributed by atoms with Gasteiger partial charge in [0.05, 0.1) is 10.7 Å². The molecule has 0 saturated heterocycles.